The van der Waals surface area contributed by atoms with E-state index in [1.165, 1.54) is 11.1 Å². The van der Waals surface area contributed by atoms with E-state index in [9.17, 15) is 0 Å². The zero-order chi connectivity index (χ0) is 9.40. The van der Waals surface area contributed by atoms with Crippen LogP contribution in [0.4, 0.5) is 0 Å². The minimum Gasteiger partial charge on any atom is -0.330 e. The fraction of sp³-hybridized carbons (Fsp3) is 0.400. The fourth-order valence-corrected chi connectivity index (χ4v) is 1.41. The minimum absolute atomic E-state index is 0.671. The molecule has 0 unspecified atom stereocenters. The molecule has 0 fully saturated rings. The zero-order valence-corrected chi connectivity index (χ0v) is 8.48. The number of nitrogens with two attached hydrogens (primary N) is 1. The first kappa shape index (κ1) is 11.5. The van der Waals surface area contributed by atoms with Crippen LogP contribution < -0.4 is 5.73 Å². The molecule has 0 aliphatic rings. The molecular formula is C10H17NS. The van der Waals surface area contributed by atoms with Crippen molar-refractivity contribution in [3.05, 3.63) is 36.0 Å². The van der Waals surface area contributed by atoms with Crippen molar-refractivity contribution in [2.75, 3.05) is 12.3 Å². The molecule has 0 heterocycles. The highest BCUT2D eigenvalue weighted by molar-refractivity contribution is 7.80. The molecule has 0 bridgehead atoms. The second-order valence-corrected chi connectivity index (χ2v) is 2.75. The van der Waals surface area contributed by atoms with E-state index in [4.69, 9.17) is 5.73 Å². The molecule has 0 rings (SSSR count). The molecule has 2 heteroatoms. The Morgan fingerprint density at radius 1 is 1.50 bits per heavy atom. The quantitative estimate of drug-likeness (QED) is 0.496. The molecule has 0 aliphatic heterocycles. The van der Waals surface area contributed by atoms with Crippen molar-refractivity contribution in [2.45, 2.75) is 13.3 Å². The lowest BCUT2D eigenvalue weighted by Crippen LogP contribution is -2.02. The minimum atomic E-state index is 0.671. The van der Waals surface area contributed by atoms with Gasteiger partial charge >= 0.3 is 0 Å². The number of hydrogen-bond acceptors (Lipinski definition) is 2. The van der Waals surface area contributed by atoms with Crippen LogP contribution in [0.3, 0.4) is 0 Å². The predicted molar refractivity (Wildman–Crippen MR) is 59.6 cm³/mol. The summed E-state index contributed by atoms with van der Waals surface area (Å²) >= 11 is 4.24. The second kappa shape index (κ2) is 7.19. The molecule has 0 aliphatic carbocycles. The molecule has 0 aromatic heterocycles. The first-order chi connectivity index (χ1) is 5.79. The Morgan fingerprint density at radius 3 is 2.50 bits per heavy atom. The van der Waals surface area contributed by atoms with Crippen LogP contribution in [0.5, 0.6) is 0 Å². The molecule has 12 heavy (non-hydrogen) atoms. The smallest absolute Gasteiger partial charge is 0.0153 e. The molecule has 68 valence electrons. The lowest BCUT2D eigenvalue weighted by atomic mass is 10.0. The largest absolute Gasteiger partial charge is 0.330 e. The van der Waals surface area contributed by atoms with Crippen molar-refractivity contribution in [1.82, 2.24) is 0 Å². The van der Waals surface area contributed by atoms with Crippen LogP contribution >= 0.6 is 12.6 Å². The zero-order valence-electron chi connectivity index (χ0n) is 7.59. The van der Waals surface area contributed by atoms with E-state index in [-0.39, 0.29) is 0 Å². The van der Waals surface area contributed by atoms with Gasteiger partial charge in [0.1, 0.15) is 0 Å². The SMILES string of the molecule is C=C/C=C(CCN)\C(=C/C)CS. The van der Waals surface area contributed by atoms with Gasteiger partial charge in [0.05, 0.1) is 0 Å². The van der Waals surface area contributed by atoms with E-state index in [2.05, 4.69) is 25.3 Å². The summed E-state index contributed by atoms with van der Waals surface area (Å²) in [6.07, 6.45) is 6.75. The Hall–Kier alpha value is -0.470. The average molecular weight is 183 g/mol. The molecule has 1 nitrogen and oxygen atoms in total. The fourth-order valence-electron chi connectivity index (χ4n) is 1.03. The van der Waals surface area contributed by atoms with Crippen molar-refractivity contribution in [3.63, 3.8) is 0 Å². The maximum atomic E-state index is 5.48. The van der Waals surface area contributed by atoms with Gasteiger partial charge in [-0.05, 0) is 31.0 Å². The number of hydrogen-bond donors (Lipinski definition) is 2. The Morgan fingerprint density at radius 2 is 2.17 bits per heavy atom. The molecule has 0 saturated heterocycles. The van der Waals surface area contributed by atoms with Crippen molar-refractivity contribution in [3.8, 4) is 0 Å². The summed E-state index contributed by atoms with van der Waals surface area (Å²) in [6, 6.07) is 0. The standard InChI is InChI=1S/C10H17NS/c1-3-5-10(6-7-11)9(4-2)8-12/h3-5,12H,1,6-8,11H2,2H3/b9-4-,10-5-. The lowest BCUT2D eigenvalue weighted by molar-refractivity contribution is 0.957. The van der Waals surface area contributed by atoms with E-state index in [0.717, 1.165) is 12.2 Å². The molecular weight excluding hydrogens is 166 g/mol. The van der Waals surface area contributed by atoms with Crippen LogP contribution in [0.25, 0.3) is 0 Å². The van der Waals surface area contributed by atoms with Crippen LogP contribution in [0.15, 0.2) is 36.0 Å². The van der Waals surface area contributed by atoms with Gasteiger partial charge in [-0.3, -0.25) is 0 Å². The van der Waals surface area contributed by atoms with E-state index >= 15 is 0 Å². The molecule has 2 N–H and O–H groups in total. The van der Waals surface area contributed by atoms with Gasteiger partial charge in [-0.1, -0.05) is 24.8 Å². The van der Waals surface area contributed by atoms with E-state index in [0.29, 0.717) is 6.54 Å². The average Bonchev–Trinajstić information content (AvgIpc) is 2.07. The second-order valence-electron chi connectivity index (χ2n) is 2.44. The van der Waals surface area contributed by atoms with Crippen molar-refractivity contribution in [2.24, 2.45) is 5.73 Å². The Balaban J connectivity index is 4.48. The van der Waals surface area contributed by atoms with E-state index < -0.39 is 0 Å². The third-order valence-corrected chi connectivity index (χ3v) is 2.00. The summed E-state index contributed by atoms with van der Waals surface area (Å²) in [5.74, 6) is 0.760. The van der Waals surface area contributed by atoms with Gasteiger partial charge in [0, 0.05) is 5.75 Å². The Bertz CT molecular complexity index is 192. The van der Waals surface area contributed by atoms with Crippen LogP contribution in [0.2, 0.25) is 0 Å². The van der Waals surface area contributed by atoms with Gasteiger partial charge in [-0.2, -0.15) is 12.6 Å². The molecule has 0 aromatic carbocycles. The summed E-state index contributed by atoms with van der Waals surface area (Å²) in [7, 11) is 0. The molecule has 0 spiro atoms. The molecule has 0 radical (unpaired) electrons. The Labute approximate surface area is 80.4 Å². The van der Waals surface area contributed by atoms with Gasteiger partial charge in [0.25, 0.3) is 0 Å². The Kier molecular flexibility index (Phi) is 6.91. The summed E-state index contributed by atoms with van der Waals surface area (Å²) in [5, 5.41) is 0. The predicted octanol–water partition coefficient (Wildman–Crippen LogP) is 2.32. The van der Waals surface area contributed by atoms with Crippen LogP contribution in [-0.4, -0.2) is 12.3 Å². The summed E-state index contributed by atoms with van der Waals surface area (Å²) < 4.78 is 0. The van der Waals surface area contributed by atoms with Crippen molar-refractivity contribution >= 4 is 12.6 Å². The maximum absolute atomic E-state index is 5.48. The highest BCUT2D eigenvalue weighted by atomic mass is 32.1. The molecule has 0 atom stereocenters. The van der Waals surface area contributed by atoms with Crippen LogP contribution in [-0.2, 0) is 0 Å². The highest BCUT2D eigenvalue weighted by Gasteiger charge is 1.99. The third-order valence-electron chi connectivity index (χ3n) is 1.66. The third kappa shape index (κ3) is 3.79. The van der Waals surface area contributed by atoms with Gasteiger partial charge in [0.15, 0.2) is 0 Å². The first-order valence-electron chi connectivity index (χ1n) is 4.08. The van der Waals surface area contributed by atoms with E-state index in [1.807, 2.05) is 13.0 Å². The molecule has 0 saturated carbocycles. The van der Waals surface area contributed by atoms with Crippen LogP contribution in [0, 0.1) is 0 Å². The van der Waals surface area contributed by atoms with Gasteiger partial charge < -0.3 is 5.73 Å². The van der Waals surface area contributed by atoms with Crippen molar-refractivity contribution in [1.29, 1.82) is 0 Å². The number of thiol groups is 1. The number of rotatable bonds is 5. The van der Waals surface area contributed by atoms with Gasteiger partial charge in [-0.15, -0.1) is 0 Å². The van der Waals surface area contributed by atoms with Crippen molar-refractivity contribution < 1.29 is 0 Å². The molecule has 0 aromatic rings. The monoisotopic (exact) mass is 183 g/mol. The maximum Gasteiger partial charge on any atom is 0.0153 e. The van der Waals surface area contributed by atoms with E-state index in [1.54, 1.807) is 6.08 Å². The summed E-state index contributed by atoms with van der Waals surface area (Å²) in [6.45, 7) is 6.35. The highest BCUT2D eigenvalue weighted by Crippen LogP contribution is 2.14. The molecule has 0 amide bonds. The van der Waals surface area contributed by atoms with Gasteiger partial charge in [0.2, 0.25) is 0 Å². The summed E-state index contributed by atoms with van der Waals surface area (Å²) in [5.41, 5.74) is 7.96. The normalized spacial score (nSPS) is 13.2. The first-order valence-corrected chi connectivity index (χ1v) is 4.71. The topological polar surface area (TPSA) is 26.0 Å². The van der Waals surface area contributed by atoms with Crippen LogP contribution in [0.1, 0.15) is 13.3 Å². The number of allylic oxidation sites excluding steroid dienone is 3. The summed E-state index contributed by atoms with van der Waals surface area (Å²) in [4.78, 5) is 0. The lowest BCUT2D eigenvalue weighted by Gasteiger charge is -2.07. The van der Waals surface area contributed by atoms with Gasteiger partial charge in [-0.25, -0.2) is 0 Å².